The van der Waals surface area contributed by atoms with Gasteiger partial charge in [0.1, 0.15) is 11.7 Å². The molecule has 5 heteroatoms. The number of allylic oxidation sites excluding steroid dienone is 2. The number of hydrogen-bond acceptors (Lipinski definition) is 5. The van der Waals surface area contributed by atoms with Crippen LogP contribution in [0, 0.1) is 5.92 Å². The molecule has 0 aliphatic carbocycles. The molecule has 0 rings (SSSR count). The molecular formula is C13H20O5. The molecule has 0 radical (unpaired) electrons. The van der Waals surface area contributed by atoms with E-state index in [1.807, 2.05) is 19.9 Å². The maximum atomic E-state index is 11.8. The van der Waals surface area contributed by atoms with E-state index in [0.717, 1.165) is 5.57 Å². The Morgan fingerprint density at radius 3 is 2.17 bits per heavy atom. The monoisotopic (exact) mass is 256 g/mol. The molecule has 18 heavy (non-hydrogen) atoms. The Kier molecular flexibility index (Phi) is 7.67. The third-order valence-electron chi connectivity index (χ3n) is 2.42. The predicted octanol–water partition coefficient (Wildman–Crippen LogP) is 1.65. The van der Waals surface area contributed by atoms with E-state index in [-0.39, 0.29) is 18.6 Å². The quantitative estimate of drug-likeness (QED) is 0.393. The molecule has 0 spiro atoms. The molecule has 0 fully saturated rings. The number of ether oxygens (including phenoxy) is 2. The van der Waals surface area contributed by atoms with Crippen LogP contribution in [0.4, 0.5) is 0 Å². The number of carbonyl (C=O) groups is 3. The van der Waals surface area contributed by atoms with E-state index in [0.29, 0.717) is 6.42 Å². The number of methoxy groups -OCH3 is 2. The minimum atomic E-state index is -1.06. The molecule has 0 aliphatic heterocycles. The number of esters is 2. The summed E-state index contributed by atoms with van der Waals surface area (Å²) in [7, 11) is 2.40. The summed E-state index contributed by atoms with van der Waals surface area (Å²) in [4.78, 5) is 34.4. The van der Waals surface area contributed by atoms with Gasteiger partial charge in [-0.25, -0.2) is 0 Å². The molecule has 0 N–H and O–H groups in total. The highest BCUT2D eigenvalue weighted by molar-refractivity contribution is 6.01. The van der Waals surface area contributed by atoms with Crippen molar-refractivity contribution in [1.29, 1.82) is 0 Å². The largest absolute Gasteiger partial charge is 0.469 e. The van der Waals surface area contributed by atoms with Crippen molar-refractivity contribution in [3.63, 3.8) is 0 Å². The molecule has 102 valence electrons. The van der Waals surface area contributed by atoms with Gasteiger partial charge in [0.15, 0.2) is 0 Å². The van der Waals surface area contributed by atoms with E-state index in [2.05, 4.69) is 9.47 Å². The van der Waals surface area contributed by atoms with Gasteiger partial charge in [0.05, 0.1) is 20.6 Å². The van der Waals surface area contributed by atoms with Crippen LogP contribution < -0.4 is 0 Å². The van der Waals surface area contributed by atoms with Crippen LogP contribution in [-0.2, 0) is 23.9 Å². The van der Waals surface area contributed by atoms with Crippen LogP contribution in [0.1, 0.15) is 33.1 Å². The number of Topliss-reactive ketones (excluding diaryl/α,β-unsaturated/α-hetero) is 1. The van der Waals surface area contributed by atoms with Crippen LogP contribution in [0.3, 0.4) is 0 Å². The Bertz CT molecular complexity index is 339. The topological polar surface area (TPSA) is 69.7 Å². The molecule has 5 nitrogen and oxygen atoms in total. The van der Waals surface area contributed by atoms with E-state index >= 15 is 0 Å². The summed E-state index contributed by atoms with van der Waals surface area (Å²) in [6.45, 7) is 3.85. The second-order valence-electron chi connectivity index (χ2n) is 4.14. The number of ketones is 1. The number of carbonyl (C=O) groups excluding carboxylic acids is 3. The fourth-order valence-corrected chi connectivity index (χ4v) is 1.40. The van der Waals surface area contributed by atoms with Gasteiger partial charge in [-0.3, -0.25) is 14.4 Å². The zero-order chi connectivity index (χ0) is 14.1. The van der Waals surface area contributed by atoms with E-state index in [1.54, 1.807) is 0 Å². The normalized spacial score (nSPS) is 11.3. The minimum absolute atomic E-state index is 0.210. The first-order valence-corrected chi connectivity index (χ1v) is 5.73. The van der Waals surface area contributed by atoms with Gasteiger partial charge in [-0.2, -0.15) is 0 Å². The fraction of sp³-hybridized carbons (Fsp3) is 0.615. The number of rotatable bonds is 7. The van der Waals surface area contributed by atoms with Crippen LogP contribution in [0.5, 0.6) is 0 Å². The highest BCUT2D eigenvalue weighted by Gasteiger charge is 2.29. The standard InChI is InChI=1S/C13H20O5/c1-9(2)6-5-7-11(14)10(13(16)18-4)8-12(15)17-3/h6,10H,5,7-8H2,1-4H3. The van der Waals surface area contributed by atoms with E-state index in [4.69, 9.17) is 0 Å². The second-order valence-corrected chi connectivity index (χ2v) is 4.14. The first-order valence-electron chi connectivity index (χ1n) is 5.73. The van der Waals surface area contributed by atoms with Crippen molar-refractivity contribution < 1.29 is 23.9 Å². The maximum Gasteiger partial charge on any atom is 0.316 e. The third kappa shape index (κ3) is 6.18. The van der Waals surface area contributed by atoms with Crippen molar-refractivity contribution in [3.05, 3.63) is 11.6 Å². The number of hydrogen-bond donors (Lipinski definition) is 0. The molecule has 0 aromatic carbocycles. The fourth-order valence-electron chi connectivity index (χ4n) is 1.40. The molecule has 0 aliphatic rings. The van der Waals surface area contributed by atoms with Gasteiger partial charge < -0.3 is 9.47 Å². The van der Waals surface area contributed by atoms with Crippen molar-refractivity contribution in [1.82, 2.24) is 0 Å². The molecule has 1 atom stereocenters. The van der Waals surface area contributed by atoms with Crippen LogP contribution >= 0.6 is 0 Å². The maximum absolute atomic E-state index is 11.8. The van der Waals surface area contributed by atoms with E-state index in [1.165, 1.54) is 14.2 Å². The van der Waals surface area contributed by atoms with Gasteiger partial charge in [-0.15, -0.1) is 0 Å². The predicted molar refractivity (Wildman–Crippen MR) is 65.8 cm³/mol. The first-order chi connectivity index (χ1) is 8.42. The lowest BCUT2D eigenvalue weighted by Crippen LogP contribution is -2.28. The summed E-state index contributed by atoms with van der Waals surface area (Å²) in [5.74, 6) is -2.65. The van der Waals surface area contributed by atoms with Crippen LogP contribution in [-0.4, -0.2) is 31.9 Å². The first kappa shape index (κ1) is 16.4. The van der Waals surface area contributed by atoms with Crippen molar-refractivity contribution in [2.24, 2.45) is 5.92 Å². The molecule has 0 aromatic heterocycles. The van der Waals surface area contributed by atoms with Crippen molar-refractivity contribution in [3.8, 4) is 0 Å². The Labute approximate surface area is 107 Å². The summed E-state index contributed by atoms with van der Waals surface area (Å²) < 4.78 is 8.98. The summed E-state index contributed by atoms with van der Waals surface area (Å²) in [5.41, 5.74) is 1.10. The lowest BCUT2D eigenvalue weighted by Gasteiger charge is -2.11. The Morgan fingerprint density at radius 2 is 1.72 bits per heavy atom. The average Bonchev–Trinajstić information content (AvgIpc) is 2.33. The summed E-state index contributed by atoms with van der Waals surface area (Å²) in [6, 6.07) is 0. The average molecular weight is 256 g/mol. The van der Waals surface area contributed by atoms with E-state index < -0.39 is 17.9 Å². The summed E-state index contributed by atoms with van der Waals surface area (Å²) in [5, 5.41) is 0. The molecule has 0 aromatic rings. The Morgan fingerprint density at radius 1 is 1.11 bits per heavy atom. The summed E-state index contributed by atoms with van der Waals surface area (Å²) in [6.07, 6.45) is 2.40. The van der Waals surface area contributed by atoms with Crippen LogP contribution in [0.15, 0.2) is 11.6 Å². The van der Waals surface area contributed by atoms with Gasteiger partial charge >= 0.3 is 11.9 Å². The molecular weight excluding hydrogens is 236 g/mol. The second kappa shape index (κ2) is 8.44. The zero-order valence-corrected chi connectivity index (χ0v) is 11.3. The lowest BCUT2D eigenvalue weighted by atomic mass is 9.96. The summed E-state index contributed by atoms with van der Waals surface area (Å²) >= 11 is 0. The van der Waals surface area contributed by atoms with Crippen molar-refractivity contribution in [2.75, 3.05) is 14.2 Å². The Balaban J connectivity index is 4.55. The van der Waals surface area contributed by atoms with Crippen LogP contribution in [0.25, 0.3) is 0 Å². The molecule has 1 unspecified atom stereocenters. The molecule has 0 saturated heterocycles. The molecule has 0 heterocycles. The van der Waals surface area contributed by atoms with Gasteiger partial charge in [0, 0.05) is 6.42 Å². The molecule has 0 amide bonds. The van der Waals surface area contributed by atoms with Gasteiger partial charge in [0.2, 0.25) is 0 Å². The zero-order valence-electron chi connectivity index (χ0n) is 11.3. The smallest absolute Gasteiger partial charge is 0.316 e. The van der Waals surface area contributed by atoms with Crippen molar-refractivity contribution in [2.45, 2.75) is 33.1 Å². The minimum Gasteiger partial charge on any atom is -0.469 e. The van der Waals surface area contributed by atoms with Gasteiger partial charge in [-0.05, 0) is 20.3 Å². The highest BCUT2D eigenvalue weighted by atomic mass is 16.5. The highest BCUT2D eigenvalue weighted by Crippen LogP contribution is 2.13. The molecule has 0 saturated carbocycles. The van der Waals surface area contributed by atoms with E-state index in [9.17, 15) is 14.4 Å². The van der Waals surface area contributed by atoms with Gasteiger partial charge in [-0.1, -0.05) is 11.6 Å². The van der Waals surface area contributed by atoms with Crippen LogP contribution in [0.2, 0.25) is 0 Å². The van der Waals surface area contributed by atoms with Gasteiger partial charge in [0.25, 0.3) is 0 Å². The third-order valence-corrected chi connectivity index (χ3v) is 2.42. The van der Waals surface area contributed by atoms with Crippen molar-refractivity contribution >= 4 is 17.7 Å². The Hall–Kier alpha value is -1.65. The lowest BCUT2D eigenvalue weighted by molar-refractivity contribution is -0.155. The SMILES string of the molecule is COC(=O)CC(C(=O)CCC=C(C)C)C(=O)OC. The molecule has 0 bridgehead atoms.